The Balaban J connectivity index is -0.000000249. The zero-order chi connectivity index (χ0) is 17.1. The third kappa shape index (κ3) is 45.1. The van der Waals surface area contributed by atoms with E-state index in [1.54, 1.807) is 0 Å². The summed E-state index contributed by atoms with van der Waals surface area (Å²) in [6.45, 7) is 10.4. The van der Waals surface area contributed by atoms with E-state index in [1.807, 2.05) is 20.4 Å². The lowest BCUT2D eigenvalue weighted by atomic mass is 10.3. The molecule has 0 aliphatic heterocycles. The maximum Gasteiger partial charge on any atom is 0.318 e. The van der Waals surface area contributed by atoms with Crippen molar-refractivity contribution in [3.05, 3.63) is 0 Å². The molecule has 128 valence electrons. The van der Waals surface area contributed by atoms with E-state index in [0.29, 0.717) is 6.61 Å². The highest BCUT2D eigenvalue weighted by Gasteiger charge is 1.99. The molecule has 0 rings (SSSR count). The molecule has 0 bridgehead atoms. The quantitative estimate of drug-likeness (QED) is 0.345. The van der Waals surface area contributed by atoms with Crippen LogP contribution in [0.3, 0.4) is 0 Å². The lowest BCUT2D eigenvalue weighted by Gasteiger charge is -2.07. The molecular formula is C12H30N2O4S2Si. The van der Waals surface area contributed by atoms with Crippen LogP contribution in [0.5, 0.6) is 0 Å². The summed E-state index contributed by atoms with van der Waals surface area (Å²) in [6.07, 6.45) is 3.43. The van der Waals surface area contributed by atoms with Crippen LogP contribution in [0.25, 0.3) is 0 Å². The van der Waals surface area contributed by atoms with Gasteiger partial charge in [-0.05, 0) is 51.3 Å². The summed E-state index contributed by atoms with van der Waals surface area (Å²) in [5.41, 5.74) is 9.48. The number of aliphatic hydroxyl groups is 1. The van der Waals surface area contributed by atoms with Crippen LogP contribution >= 0.6 is 24.4 Å². The highest BCUT2D eigenvalue weighted by Crippen LogP contribution is 1.93. The smallest absolute Gasteiger partial charge is 0.318 e. The van der Waals surface area contributed by atoms with Gasteiger partial charge in [-0.2, -0.15) is 0 Å². The van der Waals surface area contributed by atoms with Crippen molar-refractivity contribution in [3.63, 3.8) is 0 Å². The van der Waals surface area contributed by atoms with Crippen LogP contribution in [0.1, 0.15) is 40.0 Å². The predicted molar refractivity (Wildman–Crippen MR) is 97.9 cm³/mol. The van der Waals surface area contributed by atoms with Gasteiger partial charge in [0.15, 0.2) is 0 Å². The normalized spacial score (nSPS) is 9.00. The third-order valence-corrected chi connectivity index (χ3v) is 3.52. The van der Waals surface area contributed by atoms with Crippen LogP contribution < -0.4 is 11.5 Å². The maximum atomic E-state index is 7.56. The molecule has 0 aromatic rings. The Morgan fingerprint density at radius 1 is 1.05 bits per heavy atom. The number of rotatable bonds is 8. The number of hydrogen-bond donors (Lipinski definition) is 3. The van der Waals surface area contributed by atoms with Crippen molar-refractivity contribution in [3.8, 4) is 0 Å². The average molecular weight is 359 g/mol. The molecule has 0 saturated heterocycles. The molecule has 0 aromatic carbocycles. The Labute approximate surface area is 141 Å². The molecule has 0 heterocycles. The van der Waals surface area contributed by atoms with E-state index in [-0.39, 0.29) is 5.17 Å². The van der Waals surface area contributed by atoms with Gasteiger partial charge in [-0.3, -0.25) is 0 Å². The van der Waals surface area contributed by atoms with Crippen LogP contribution in [0.15, 0.2) is 0 Å². The topological polar surface area (TPSA) is 100.0 Å². The van der Waals surface area contributed by atoms with Gasteiger partial charge in [-0.15, -0.1) is 0 Å². The molecule has 0 fully saturated rings. The molecule has 0 aliphatic carbocycles. The van der Waals surface area contributed by atoms with Gasteiger partial charge in [0.25, 0.3) is 10.3 Å². The molecule has 0 aliphatic rings. The van der Waals surface area contributed by atoms with Crippen LogP contribution in [-0.2, 0) is 13.6 Å². The molecule has 21 heavy (non-hydrogen) atoms. The molecule has 0 atom stereocenters. The van der Waals surface area contributed by atoms with E-state index in [9.17, 15) is 0 Å². The zero-order valence-corrected chi connectivity index (χ0v) is 16.3. The Bertz CT molecular complexity index is 239. The van der Waals surface area contributed by atoms with E-state index in [4.69, 9.17) is 24.4 Å². The molecule has 0 spiro atoms. The molecular weight excluding hydrogens is 328 g/mol. The SMILES string of the molecule is CCCCCOC(N)=S.CCO[SiH](C)OCC.NC(O)=S. The summed E-state index contributed by atoms with van der Waals surface area (Å²) in [7, 11) is -1.20. The lowest BCUT2D eigenvalue weighted by molar-refractivity contribution is 0.219. The predicted octanol–water partition coefficient (Wildman–Crippen LogP) is 2.13. The van der Waals surface area contributed by atoms with Crippen molar-refractivity contribution in [1.82, 2.24) is 0 Å². The molecule has 0 unspecified atom stereocenters. The third-order valence-electron chi connectivity index (χ3n) is 1.79. The first-order chi connectivity index (χ1) is 9.81. The minimum absolute atomic E-state index is 0.158. The fourth-order valence-corrected chi connectivity index (χ4v) is 2.16. The fourth-order valence-electron chi connectivity index (χ4n) is 1.04. The molecule has 0 radical (unpaired) electrons. The first kappa shape index (κ1) is 25.5. The highest BCUT2D eigenvalue weighted by atomic mass is 32.1. The summed E-state index contributed by atoms with van der Waals surface area (Å²) < 4.78 is 15.3. The first-order valence-electron chi connectivity index (χ1n) is 6.95. The average Bonchev–Trinajstić information content (AvgIpc) is 2.35. The Kier molecular flexibility index (Phi) is 26.5. The number of ether oxygens (including phenoxy) is 1. The van der Waals surface area contributed by atoms with E-state index < -0.39 is 14.5 Å². The number of thiocarbonyl (C=S) groups is 2. The molecule has 9 heteroatoms. The van der Waals surface area contributed by atoms with Gasteiger partial charge in [0.05, 0.1) is 6.61 Å². The van der Waals surface area contributed by atoms with Gasteiger partial charge in [-0.25, -0.2) is 0 Å². The first-order valence-corrected chi connectivity index (χ1v) is 9.86. The van der Waals surface area contributed by atoms with Gasteiger partial charge in [0, 0.05) is 13.2 Å². The van der Waals surface area contributed by atoms with Crippen molar-refractivity contribution < 1.29 is 18.7 Å². The van der Waals surface area contributed by atoms with E-state index in [2.05, 4.69) is 37.1 Å². The van der Waals surface area contributed by atoms with Gasteiger partial charge < -0.3 is 30.2 Å². The van der Waals surface area contributed by atoms with Crippen molar-refractivity contribution in [2.45, 2.75) is 46.6 Å². The maximum absolute atomic E-state index is 7.56. The summed E-state index contributed by atoms with van der Waals surface area (Å²) in [6, 6.07) is 0. The summed E-state index contributed by atoms with van der Waals surface area (Å²) in [5.74, 6) is 0. The molecule has 0 saturated carbocycles. The zero-order valence-electron chi connectivity index (χ0n) is 13.5. The molecule has 5 N–H and O–H groups in total. The van der Waals surface area contributed by atoms with Crippen LogP contribution in [0.2, 0.25) is 6.55 Å². The number of nitrogens with two attached hydrogens (primary N) is 2. The number of hydrogen-bond acceptors (Lipinski definition) is 5. The van der Waals surface area contributed by atoms with E-state index in [0.717, 1.165) is 19.6 Å². The van der Waals surface area contributed by atoms with Crippen molar-refractivity contribution in [1.29, 1.82) is 0 Å². The molecule has 0 amide bonds. The van der Waals surface area contributed by atoms with Gasteiger partial charge in [0.1, 0.15) is 0 Å². The summed E-state index contributed by atoms with van der Waals surface area (Å²) in [5, 5.41) is 7.22. The summed E-state index contributed by atoms with van der Waals surface area (Å²) >= 11 is 8.37. The van der Waals surface area contributed by atoms with Gasteiger partial charge in [-0.1, -0.05) is 19.8 Å². The lowest BCUT2D eigenvalue weighted by Crippen LogP contribution is -2.17. The molecule has 0 aromatic heterocycles. The number of aliphatic hydroxyl groups excluding tert-OH is 1. The Hall–Kier alpha value is -0.483. The van der Waals surface area contributed by atoms with Crippen LogP contribution in [0, 0.1) is 0 Å². The number of unbranched alkanes of at least 4 members (excludes halogenated alkanes) is 2. The van der Waals surface area contributed by atoms with Crippen molar-refractivity contribution >= 4 is 44.1 Å². The standard InChI is InChI=1S/C6H13NOS.C5H14O2Si.CH3NOS/c1-2-3-4-5-8-6(7)9;1-4-6-8(3)7-5-2;2-1(3)4/h2-5H2,1H3,(H2,7,9);8H,4-5H2,1-3H3;(H3,2,3,4). The summed E-state index contributed by atoms with van der Waals surface area (Å²) in [4.78, 5) is 0. The van der Waals surface area contributed by atoms with Gasteiger partial charge in [0.2, 0.25) is 0 Å². The van der Waals surface area contributed by atoms with Crippen LogP contribution in [-0.4, -0.2) is 44.6 Å². The van der Waals surface area contributed by atoms with E-state index in [1.165, 1.54) is 12.8 Å². The largest absolute Gasteiger partial charge is 0.487 e. The highest BCUT2D eigenvalue weighted by molar-refractivity contribution is 7.80. The minimum Gasteiger partial charge on any atom is -0.487 e. The van der Waals surface area contributed by atoms with Crippen molar-refractivity contribution in [2.75, 3.05) is 19.8 Å². The van der Waals surface area contributed by atoms with E-state index >= 15 is 0 Å². The monoisotopic (exact) mass is 358 g/mol. The van der Waals surface area contributed by atoms with Crippen molar-refractivity contribution in [2.24, 2.45) is 11.5 Å². The van der Waals surface area contributed by atoms with Gasteiger partial charge >= 0.3 is 9.28 Å². The second-order valence-corrected chi connectivity index (χ2v) is 6.31. The second kappa shape index (κ2) is 21.8. The Morgan fingerprint density at radius 3 is 1.76 bits per heavy atom. The molecule has 6 nitrogen and oxygen atoms in total. The Morgan fingerprint density at radius 2 is 1.48 bits per heavy atom. The minimum atomic E-state index is -1.20. The fraction of sp³-hybridized carbons (Fsp3) is 0.833. The van der Waals surface area contributed by atoms with Crippen LogP contribution in [0.4, 0.5) is 0 Å². The second-order valence-electron chi connectivity index (χ2n) is 3.69.